The van der Waals surface area contributed by atoms with Gasteiger partial charge >= 0.3 is 0 Å². The average Bonchev–Trinajstić information content (AvgIpc) is 3.79. The molecule has 4 aromatic heterocycles. The zero-order valence-corrected chi connectivity index (χ0v) is 29.4. The Bertz CT molecular complexity index is 3180. The summed E-state index contributed by atoms with van der Waals surface area (Å²) in [5.74, 6) is 0.707. The Hall–Kier alpha value is -6.27. The maximum absolute atomic E-state index is 5.33. The molecule has 0 N–H and O–H groups in total. The molecule has 0 bridgehead atoms. The zero-order valence-electron chi connectivity index (χ0n) is 27.7. The van der Waals surface area contributed by atoms with Gasteiger partial charge in [0, 0.05) is 78.8 Å². The van der Waals surface area contributed by atoms with Crippen LogP contribution in [0.25, 0.3) is 107 Å². The van der Waals surface area contributed by atoms with Gasteiger partial charge in [0.15, 0.2) is 5.82 Å². The van der Waals surface area contributed by atoms with Crippen LogP contribution >= 0.6 is 22.7 Å². The van der Waals surface area contributed by atoms with Gasteiger partial charge < -0.3 is 0 Å². The molecule has 0 unspecified atom stereocenters. The van der Waals surface area contributed by atoms with E-state index in [1.54, 1.807) is 0 Å². The number of aromatic nitrogens is 3. The number of rotatable bonds is 4. The lowest BCUT2D eigenvalue weighted by Crippen LogP contribution is -1.96. The van der Waals surface area contributed by atoms with Crippen molar-refractivity contribution < 1.29 is 0 Å². The van der Waals surface area contributed by atoms with Gasteiger partial charge in [0.2, 0.25) is 0 Å². The minimum absolute atomic E-state index is 0.707. The van der Waals surface area contributed by atoms with Crippen molar-refractivity contribution in [2.24, 2.45) is 0 Å². The van der Waals surface area contributed by atoms with Gasteiger partial charge in [-0.15, -0.1) is 22.7 Å². The van der Waals surface area contributed by atoms with Crippen molar-refractivity contribution in [1.82, 2.24) is 15.0 Å². The van der Waals surface area contributed by atoms with E-state index in [-0.39, 0.29) is 0 Å². The highest BCUT2D eigenvalue weighted by Crippen LogP contribution is 2.44. The minimum Gasteiger partial charge on any atom is -0.247 e. The summed E-state index contributed by atoms with van der Waals surface area (Å²) in [6, 6.07) is 58.2. The molecule has 242 valence electrons. The molecule has 0 aliphatic rings. The molecule has 4 heterocycles. The van der Waals surface area contributed by atoms with Crippen LogP contribution in [0.5, 0.6) is 0 Å². The predicted octanol–water partition coefficient (Wildman–Crippen LogP) is 13.6. The maximum Gasteiger partial charge on any atom is 0.160 e. The zero-order chi connectivity index (χ0) is 34.2. The Morgan fingerprint density at radius 1 is 0.327 bits per heavy atom. The molecule has 0 atom stereocenters. The molecular weight excluding hydrogens is 671 g/mol. The van der Waals surface area contributed by atoms with Crippen molar-refractivity contribution in [1.29, 1.82) is 0 Å². The summed E-state index contributed by atoms with van der Waals surface area (Å²) in [7, 11) is 0. The molecule has 7 aromatic carbocycles. The number of hydrogen-bond donors (Lipinski definition) is 0. The lowest BCUT2D eigenvalue weighted by Gasteiger charge is -2.14. The van der Waals surface area contributed by atoms with Gasteiger partial charge in [-0.2, -0.15) is 0 Å². The topological polar surface area (TPSA) is 38.7 Å². The normalized spacial score (nSPS) is 11.8. The molecule has 3 nitrogen and oxygen atoms in total. The number of nitrogens with zero attached hydrogens (tertiary/aromatic N) is 3. The van der Waals surface area contributed by atoms with Crippen LogP contribution in [0.3, 0.4) is 0 Å². The van der Waals surface area contributed by atoms with Crippen LogP contribution < -0.4 is 0 Å². The molecule has 0 saturated carbocycles. The summed E-state index contributed by atoms with van der Waals surface area (Å²) in [5.41, 5.74) is 7.95. The van der Waals surface area contributed by atoms with E-state index in [1.807, 2.05) is 40.9 Å². The highest BCUT2D eigenvalue weighted by molar-refractivity contribution is 7.26. The number of fused-ring (bicyclic) bond motifs is 10. The van der Waals surface area contributed by atoms with Gasteiger partial charge in [0.25, 0.3) is 0 Å². The number of thiophene rings is 2. The highest BCUT2D eigenvalue weighted by Gasteiger charge is 2.18. The molecule has 0 radical (unpaired) electrons. The van der Waals surface area contributed by atoms with Crippen molar-refractivity contribution in [3.05, 3.63) is 164 Å². The third-order valence-electron chi connectivity index (χ3n) is 10.1. The Morgan fingerprint density at radius 2 is 0.923 bits per heavy atom. The van der Waals surface area contributed by atoms with E-state index in [0.717, 1.165) is 55.6 Å². The van der Waals surface area contributed by atoms with E-state index in [1.165, 1.54) is 45.7 Å². The summed E-state index contributed by atoms with van der Waals surface area (Å²) in [5, 5.41) is 8.63. The average molecular weight is 698 g/mol. The van der Waals surface area contributed by atoms with Gasteiger partial charge in [-0.1, -0.05) is 121 Å². The van der Waals surface area contributed by atoms with E-state index in [4.69, 9.17) is 15.0 Å². The second-order valence-corrected chi connectivity index (χ2v) is 15.3. The van der Waals surface area contributed by atoms with E-state index in [0.29, 0.717) is 5.82 Å². The quantitative estimate of drug-likeness (QED) is 0.172. The fourth-order valence-electron chi connectivity index (χ4n) is 7.63. The Morgan fingerprint density at radius 3 is 1.71 bits per heavy atom. The first-order valence-corrected chi connectivity index (χ1v) is 19.0. The van der Waals surface area contributed by atoms with Crippen LogP contribution in [0, 0.1) is 0 Å². The van der Waals surface area contributed by atoms with Crippen LogP contribution in [-0.4, -0.2) is 15.0 Å². The third kappa shape index (κ3) is 4.67. The van der Waals surface area contributed by atoms with Crippen molar-refractivity contribution in [2.45, 2.75) is 0 Å². The molecule has 5 heteroatoms. The van der Waals surface area contributed by atoms with E-state index in [9.17, 15) is 0 Å². The van der Waals surface area contributed by atoms with Crippen molar-refractivity contribution in [2.75, 3.05) is 0 Å². The van der Waals surface area contributed by atoms with Gasteiger partial charge in [-0.3, -0.25) is 0 Å². The largest absolute Gasteiger partial charge is 0.247 e. The van der Waals surface area contributed by atoms with Crippen molar-refractivity contribution >= 4 is 84.7 Å². The maximum atomic E-state index is 5.33. The Labute approximate surface area is 307 Å². The first-order chi connectivity index (χ1) is 25.7. The van der Waals surface area contributed by atoms with Gasteiger partial charge in [-0.25, -0.2) is 15.0 Å². The fourth-order valence-corrected chi connectivity index (χ4v) is 9.89. The van der Waals surface area contributed by atoms with Gasteiger partial charge in [0.1, 0.15) is 0 Å². The molecule has 0 aliphatic heterocycles. The molecule has 0 spiro atoms. The first kappa shape index (κ1) is 29.5. The van der Waals surface area contributed by atoms with Crippen LogP contribution in [0.1, 0.15) is 0 Å². The van der Waals surface area contributed by atoms with Gasteiger partial charge in [-0.05, 0) is 42.5 Å². The Balaban J connectivity index is 1.18. The second-order valence-electron chi connectivity index (χ2n) is 13.2. The Kier molecular flexibility index (Phi) is 6.59. The first-order valence-electron chi connectivity index (χ1n) is 17.3. The van der Waals surface area contributed by atoms with E-state index in [2.05, 4.69) is 146 Å². The monoisotopic (exact) mass is 697 g/mol. The van der Waals surface area contributed by atoms with E-state index < -0.39 is 0 Å². The lowest BCUT2D eigenvalue weighted by atomic mass is 9.95. The number of hydrogen-bond acceptors (Lipinski definition) is 5. The highest BCUT2D eigenvalue weighted by atomic mass is 32.1. The minimum atomic E-state index is 0.707. The third-order valence-corrected chi connectivity index (χ3v) is 12.3. The van der Waals surface area contributed by atoms with Crippen molar-refractivity contribution in [3.8, 4) is 45.2 Å². The molecule has 11 rings (SSSR count). The van der Waals surface area contributed by atoms with Crippen LogP contribution in [-0.2, 0) is 0 Å². The summed E-state index contributed by atoms with van der Waals surface area (Å²) in [6.07, 6.45) is 0. The number of pyridine rings is 1. The van der Waals surface area contributed by atoms with Crippen LogP contribution in [0.2, 0.25) is 0 Å². The molecule has 0 amide bonds. The second kappa shape index (κ2) is 11.6. The molecule has 0 saturated heterocycles. The molecular formula is C47H27N3S2. The smallest absolute Gasteiger partial charge is 0.160 e. The molecule has 52 heavy (non-hydrogen) atoms. The lowest BCUT2D eigenvalue weighted by molar-refractivity contribution is 1.18. The summed E-state index contributed by atoms with van der Waals surface area (Å²) in [4.78, 5) is 15.7. The molecule has 11 aromatic rings. The van der Waals surface area contributed by atoms with Crippen molar-refractivity contribution in [3.63, 3.8) is 0 Å². The number of benzene rings is 7. The molecule has 0 fully saturated rings. The predicted molar refractivity (Wildman–Crippen MR) is 222 cm³/mol. The van der Waals surface area contributed by atoms with Gasteiger partial charge in [0.05, 0.1) is 22.6 Å². The fraction of sp³-hybridized carbons (Fsp3) is 0. The summed E-state index contributed by atoms with van der Waals surface area (Å²) < 4.78 is 5.11. The standard InChI is InChI=1S/C47H27N3S2/c1-3-11-28(12-4-1)46-35-22-24-42-45(34-16-8-10-18-41(34)51-42)44(35)36-25-30(20-23-37(36)48-46)38-27-39(50-47(49-38)29-13-5-2-6-14-29)31-19-21-33-32-15-7-9-17-40(32)52-43(33)26-31/h1-27H. The summed E-state index contributed by atoms with van der Waals surface area (Å²) >= 11 is 3.67. The van der Waals surface area contributed by atoms with Crippen LogP contribution in [0.4, 0.5) is 0 Å². The molecule has 0 aliphatic carbocycles. The SMILES string of the molecule is c1ccc(-c2nc(-c3ccc4c(c3)sc3ccccc34)cc(-c3ccc4nc(-c5ccccc5)c5ccc6sc7ccccc7c6c5c4c3)n2)cc1. The summed E-state index contributed by atoms with van der Waals surface area (Å²) in [6.45, 7) is 0. The van der Waals surface area contributed by atoms with E-state index >= 15 is 0 Å². The van der Waals surface area contributed by atoms with Crippen LogP contribution in [0.15, 0.2) is 164 Å².